The van der Waals surface area contributed by atoms with Crippen LogP contribution >= 0.6 is 11.3 Å². The van der Waals surface area contributed by atoms with Gasteiger partial charge in [-0.2, -0.15) is 0 Å². The Morgan fingerprint density at radius 2 is 2.00 bits per heavy atom. The molecule has 22 heavy (non-hydrogen) atoms. The molecule has 0 aliphatic heterocycles. The fourth-order valence-corrected chi connectivity index (χ4v) is 3.76. The first kappa shape index (κ1) is 16.7. The third-order valence-electron chi connectivity index (χ3n) is 4.08. The molecule has 0 bridgehead atoms. The summed E-state index contributed by atoms with van der Waals surface area (Å²) in [5, 5.41) is 9.47. The lowest BCUT2D eigenvalue weighted by Gasteiger charge is -2.30. The number of aryl methyl sites for hydroxylation is 2. The highest BCUT2D eigenvalue weighted by Gasteiger charge is 2.31. The second-order valence-corrected chi connectivity index (χ2v) is 7.08. The molecular formula is C15H24N4O2S. The van der Waals surface area contributed by atoms with E-state index in [4.69, 9.17) is 0 Å². The largest absolute Gasteiger partial charge is 0.359 e. The number of carbonyl (C=O) groups excluding carboxylic acids is 2. The zero-order valence-corrected chi connectivity index (χ0v) is 14.2. The SMILES string of the molecule is CNC(=O)C1CCCCC1NC(=O)NCc1nc(C)sc1C. The third-order valence-corrected chi connectivity index (χ3v) is 5.01. The molecule has 3 N–H and O–H groups in total. The zero-order valence-electron chi connectivity index (χ0n) is 13.4. The number of amides is 3. The van der Waals surface area contributed by atoms with Crippen LogP contribution in [-0.2, 0) is 11.3 Å². The van der Waals surface area contributed by atoms with Gasteiger partial charge in [-0.05, 0) is 26.7 Å². The van der Waals surface area contributed by atoms with E-state index >= 15 is 0 Å². The molecule has 1 fully saturated rings. The second-order valence-electron chi connectivity index (χ2n) is 5.67. The molecule has 1 saturated carbocycles. The van der Waals surface area contributed by atoms with Gasteiger partial charge in [0, 0.05) is 18.0 Å². The topological polar surface area (TPSA) is 83.1 Å². The molecule has 7 heteroatoms. The molecule has 1 aromatic heterocycles. The fourth-order valence-electron chi connectivity index (χ4n) is 2.92. The molecule has 3 amide bonds. The van der Waals surface area contributed by atoms with Crippen molar-refractivity contribution in [1.82, 2.24) is 20.9 Å². The maximum Gasteiger partial charge on any atom is 0.315 e. The fraction of sp³-hybridized carbons (Fsp3) is 0.667. The number of urea groups is 1. The predicted octanol–water partition coefficient (Wildman–Crippen LogP) is 1.86. The molecule has 1 aliphatic carbocycles. The first-order chi connectivity index (χ1) is 10.5. The summed E-state index contributed by atoms with van der Waals surface area (Å²) in [7, 11) is 1.64. The third kappa shape index (κ3) is 4.19. The van der Waals surface area contributed by atoms with E-state index in [1.165, 1.54) is 0 Å². The second kappa shape index (κ2) is 7.58. The molecular weight excluding hydrogens is 300 g/mol. The van der Waals surface area contributed by atoms with E-state index in [9.17, 15) is 9.59 Å². The Morgan fingerprint density at radius 1 is 1.27 bits per heavy atom. The summed E-state index contributed by atoms with van der Waals surface area (Å²) in [6.07, 6.45) is 3.76. The summed E-state index contributed by atoms with van der Waals surface area (Å²) in [6.45, 7) is 4.37. The Balaban J connectivity index is 1.87. The Morgan fingerprint density at radius 3 is 2.64 bits per heavy atom. The van der Waals surface area contributed by atoms with Crippen LogP contribution in [0.25, 0.3) is 0 Å². The highest BCUT2D eigenvalue weighted by molar-refractivity contribution is 7.11. The van der Waals surface area contributed by atoms with Crippen LogP contribution in [0.1, 0.15) is 41.3 Å². The van der Waals surface area contributed by atoms with Gasteiger partial charge in [-0.25, -0.2) is 9.78 Å². The quantitative estimate of drug-likeness (QED) is 0.790. The molecule has 0 spiro atoms. The molecule has 122 valence electrons. The minimum atomic E-state index is -0.231. The van der Waals surface area contributed by atoms with Gasteiger partial charge in [-0.1, -0.05) is 12.8 Å². The Hall–Kier alpha value is -1.63. The molecule has 0 radical (unpaired) electrons. The van der Waals surface area contributed by atoms with E-state index in [0.29, 0.717) is 6.54 Å². The molecule has 0 aromatic carbocycles. The molecule has 2 unspecified atom stereocenters. The number of carbonyl (C=O) groups is 2. The summed E-state index contributed by atoms with van der Waals surface area (Å²) < 4.78 is 0. The van der Waals surface area contributed by atoms with Crippen molar-refractivity contribution in [2.75, 3.05) is 7.05 Å². The van der Waals surface area contributed by atoms with Gasteiger partial charge in [0.1, 0.15) is 0 Å². The zero-order chi connectivity index (χ0) is 16.1. The maximum atomic E-state index is 12.1. The van der Waals surface area contributed by atoms with Gasteiger partial charge in [-0.3, -0.25) is 4.79 Å². The standard InChI is InChI=1S/C15H24N4O2S/c1-9-13(18-10(2)22-9)8-17-15(21)19-12-7-5-4-6-11(12)14(20)16-3/h11-12H,4-8H2,1-3H3,(H,16,20)(H2,17,19,21). The van der Waals surface area contributed by atoms with Crippen LogP contribution in [0.15, 0.2) is 0 Å². The van der Waals surface area contributed by atoms with Crippen molar-refractivity contribution in [3.05, 3.63) is 15.6 Å². The van der Waals surface area contributed by atoms with Crippen LogP contribution in [0.2, 0.25) is 0 Å². The van der Waals surface area contributed by atoms with E-state index in [-0.39, 0.29) is 23.9 Å². The monoisotopic (exact) mass is 324 g/mol. The van der Waals surface area contributed by atoms with Crippen molar-refractivity contribution in [1.29, 1.82) is 0 Å². The summed E-state index contributed by atoms with van der Waals surface area (Å²) in [4.78, 5) is 29.5. The predicted molar refractivity (Wildman–Crippen MR) is 86.8 cm³/mol. The van der Waals surface area contributed by atoms with E-state index in [2.05, 4.69) is 20.9 Å². The summed E-state index contributed by atoms with van der Waals surface area (Å²) in [5.74, 6) is -0.122. The van der Waals surface area contributed by atoms with Crippen LogP contribution in [-0.4, -0.2) is 30.0 Å². The average molecular weight is 324 g/mol. The van der Waals surface area contributed by atoms with Gasteiger partial charge in [0.05, 0.1) is 23.2 Å². The molecule has 6 nitrogen and oxygen atoms in total. The number of aromatic nitrogens is 1. The normalized spacial score (nSPS) is 21.2. The van der Waals surface area contributed by atoms with Crippen molar-refractivity contribution >= 4 is 23.3 Å². The minimum absolute atomic E-state index is 0.0102. The average Bonchev–Trinajstić information content (AvgIpc) is 2.83. The van der Waals surface area contributed by atoms with E-state index in [1.54, 1.807) is 18.4 Å². The van der Waals surface area contributed by atoms with Crippen LogP contribution in [0.3, 0.4) is 0 Å². The highest BCUT2D eigenvalue weighted by atomic mass is 32.1. The molecule has 1 aliphatic rings. The van der Waals surface area contributed by atoms with Gasteiger partial charge < -0.3 is 16.0 Å². The number of hydrogen-bond donors (Lipinski definition) is 3. The van der Waals surface area contributed by atoms with Crippen molar-refractivity contribution in [3.8, 4) is 0 Å². The number of hydrogen-bond acceptors (Lipinski definition) is 4. The summed E-state index contributed by atoms with van der Waals surface area (Å²) in [6, 6.07) is -0.321. The van der Waals surface area contributed by atoms with Crippen molar-refractivity contribution in [2.45, 2.75) is 52.1 Å². The number of nitrogens with zero attached hydrogens (tertiary/aromatic N) is 1. The van der Waals surface area contributed by atoms with Gasteiger partial charge in [0.25, 0.3) is 0 Å². The lowest BCUT2D eigenvalue weighted by Crippen LogP contribution is -2.50. The van der Waals surface area contributed by atoms with E-state index in [1.807, 2.05) is 13.8 Å². The smallest absolute Gasteiger partial charge is 0.315 e. The molecule has 0 saturated heterocycles. The van der Waals surface area contributed by atoms with Crippen LogP contribution in [0.4, 0.5) is 4.79 Å². The number of rotatable bonds is 4. The van der Waals surface area contributed by atoms with E-state index < -0.39 is 0 Å². The molecule has 1 heterocycles. The number of thiazole rings is 1. The minimum Gasteiger partial charge on any atom is -0.359 e. The van der Waals surface area contributed by atoms with Crippen molar-refractivity contribution in [3.63, 3.8) is 0 Å². The number of nitrogens with one attached hydrogen (secondary N) is 3. The molecule has 2 atom stereocenters. The molecule has 2 rings (SSSR count). The first-order valence-electron chi connectivity index (χ1n) is 7.70. The van der Waals surface area contributed by atoms with Crippen molar-refractivity contribution in [2.24, 2.45) is 5.92 Å². The van der Waals surface area contributed by atoms with Crippen LogP contribution in [0.5, 0.6) is 0 Å². The summed E-state index contributed by atoms with van der Waals surface area (Å²) >= 11 is 1.63. The Bertz CT molecular complexity index is 544. The van der Waals surface area contributed by atoms with Gasteiger partial charge >= 0.3 is 6.03 Å². The van der Waals surface area contributed by atoms with Gasteiger partial charge in [0.2, 0.25) is 5.91 Å². The van der Waals surface area contributed by atoms with Gasteiger partial charge in [0.15, 0.2) is 0 Å². The summed E-state index contributed by atoms with van der Waals surface area (Å²) in [5.41, 5.74) is 0.907. The van der Waals surface area contributed by atoms with Crippen LogP contribution in [0, 0.1) is 19.8 Å². The highest BCUT2D eigenvalue weighted by Crippen LogP contribution is 2.24. The van der Waals surface area contributed by atoms with E-state index in [0.717, 1.165) is 41.3 Å². The first-order valence-corrected chi connectivity index (χ1v) is 8.51. The molecule has 1 aromatic rings. The van der Waals surface area contributed by atoms with Crippen molar-refractivity contribution < 1.29 is 9.59 Å². The van der Waals surface area contributed by atoms with Gasteiger partial charge in [-0.15, -0.1) is 11.3 Å². The lowest BCUT2D eigenvalue weighted by atomic mass is 9.84. The maximum absolute atomic E-state index is 12.1. The lowest BCUT2D eigenvalue weighted by molar-refractivity contribution is -0.126. The Labute approximate surface area is 135 Å². The Kier molecular flexibility index (Phi) is 5.76. The van der Waals surface area contributed by atoms with Crippen LogP contribution < -0.4 is 16.0 Å².